The summed E-state index contributed by atoms with van der Waals surface area (Å²) in [5, 5.41) is 1.88. The van der Waals surface area contributed by atoms with Gasteiger partial charge in [0.15, 0.2) is 0 Å². The number of anilines is 1. The van der Waals surface area contributed by atoms with Crippen molar-refractivity contribution in [3.63, 3.8) is 0 Å². The average molecular weight is 429 g/mol. The van der Waals surface area contributed by atoms with Crippen molar-refractivity contribution in [2.45, 2.75) is 6.54 Å². The third kappa shape index (κ3) is 5.74. The van der Waals surface area contributed by atoms with Crippen LogP contribution in [0.25, 0.3) is 0 Å². The van der Waals surface area contributed by atoms with Crippen LogP contribution in [0.2, 0.25) is 0 Å². The minimum atomic E-state index is -0.0624. The van der Waals surface area contributed by atoms with Crippen LogP contribution in [0.5, 0.6) is 0 Å². The summed E-state index contributed by atoms with van der Waals surface area (Å²) in [6, 6.07) is 29.3. The first-order chi connectivity index (χ1) is 15.7. The minimum Gasteiger partial charge on any atom is -0.336 e. The number of benzene rings is 3. The van der Waals surface area contributed by atoms with Gasteiger partial charge >= 0.3 is 0 Å². The molecule has 6 heteroatoms. The highest BCUT2D eigenvalue weighted by atomic mass is 16.2. The molecule has 1 aliphatic heterocycles. The Labute approximate surface area is 189 Å². The molecule has 1 fully saturated rings. The van der Waals surface area contributed by atoms with E-state index in [4.69, 9.17) is 0 Å². The fourth-order valence-electron chi connectivity index (χ4n) is 3.83. The summed E-state index contributed by atoms with van der Waals surface area (Å²) in [5.74, 6) is -0.0135. The monoisotopic (exact) mass is 428 g/mol. The van der Waals surface area contributed by atoms with Gasteiger partial charge in [0.25, 0.3) is 11.8 Å². The Balaban J connectivity index is 1.32. The summed E-state index contributed by atoms with van der Waals surface area (Å²) in [5.41, 5.74) is 5.82. The fraction of sp³-hybridized carbons (Fsp3) is 0.231. The van der Waals surface area contributed by atoms with Gasteiger partial charge in [-0.05, 0) is 29.8 Å². The van der Waals surface area contributed by atoms with Crippen molar-refractivity contribution < 1.29 is 9.59 Å². The summed E-state index contributed by atoms with van der Waals surface area (Å²) in [6.45, 7) is 3.47. The van der Waals surface area contributed by atoms with E-state index in [1.165, 1.54) is 0 Å². The Morgan fingerprint density at radius 3 is 1.94 bits per heavy atom. The predicted octanol–water partition coefficient (Wildman–Crippen LogP) is 3.18. The molecule has 0 spiro atoms. The van der Waals surface area contributed by atoms with Crippen LogP contribution in [0.15, 0.2) is 91.0 Å². The van der Waals surface area contributed by atoms with Gasteiger partial charge in [-0.25, -0.2) is 0 Å². The second-order valence-electron chi connectivity index (χ2n) is 7.88. The molecule has 0 aromatic heterocycles. The zero-order valence-electron chi connectivity index (χ0n) is 18.1. The van der Waals surface area contributed by atoms with E-state index >= 15 is 0 Å². The first-order valence-corrected chi connectivity index (χ1v) is 10.9. The largest absolute Gasteiger partial charge is 0.336 e. The third-order valence-corrected chi connectivity index (χ3v) is 5.56. The highest BCUT2D eigenvalue weighted by molar-refractivity contribution is 5.94. The Morgan fingerprint density at radius 1 is 0.750 bits per heavy atom. The van der Waals surface area contributed by atoms with Gasteiger partial charge in [0, 0.05) is 31.7 Å². The molecule has 1 aliphatic rings. The lowest BCUT2D eigenvalue weighted by Crippen LogP contribution is -2.53. The van der Waals surface area contributed by atoms with Crippen LogP contribution in [0.1, 0.15) is 15.9 Å². The van der Waals surface area contributed by atoms with Gasteiger partial charge < -0.3 is 4.90 Å². The van der Waals surface area contributed by atoms with Gasteiger partial charge in [0.2, 0.25) is 0 Å². The molecule has 0 atom stereocenters. The fourth-order valence-corrected chi connectivity index (χ4v) is 3.83. The molecule has 0 saturated carbocycles. The summed E-state index contributed by atoms with van der Waals surface area (Å²) in [4.78, 5) is 29.4. The summed E-state index contributed by atoms with van der Waals surface area (Å²) >= 11 is 0. The standard InChI is InChI=1S/C26H28N4O2/c31-25(21-28-16-18-29(19-17-28)26(32)23-12-6-2-7-13-23)27-30(24-14-8-3-9-15-24)20-22-10-4-1-5-11-22/h1-15H,16-21H2,(H,27,31). The maximum Gasteiger partial charge on any atom is 0.253 e. The molecule has 0 radical (unpaired) electrons. The van der Waals surface area contributed by atoms with Crippen LogP contribution in [0, 0.1) is 0 Å². The number of para-hydroxylation sites is 1. The molecule has 1 N–H and O–H groups in total. The normalized spacial score (nSPS) is 14.1. The minimum absolute atomic E-state index is 0.0489. The second kappa shape index (κ2) is 10.6. The van der Waals surface area contributed by atoms with E-state index in [0.717, 1.165) is 11.3 Å². The van der Waals surface area contributed by atoms with Crippen LogP contribution < -0.4 is 10.4 Å². The maximum atomic E-state index is 12.8. The van der Waals surface area contributed by atoms with E-state index in [-0.39, 0.29) is 11.8 Å². The quantitative estimate of drug-likeness (QED) is 0.588. The van der Waals surface area contributed by atoms with Crippen molar-refractivity contribution in [3.05, 3.63) is 102 Å². The SMILES string of the molecule is O=C(CN1CCN(C(=O)c2ccccc2)CC1)NN(Cc1ccccc1)c1ccccc1. The Morgan fingerprint density at radius 2 is 1.31 bits per heavy atom. The summed E-state index contributed by atoms with van der Waals surface area (Å²) in [7, 11) is 0. The van der Waals surface area contributed by atoms with E-state index in [1.54, 1.807) is 0 Å². The molecule has 1 heterocycles. The number of carbonyl (C=O) groups excluding carboxylic acids is 2. The number of amides is 2. The second-order valence-corrected chi connectivity index (χ2v) is 7.88. The lowest BCUT2D eigenvalue weighted by molar-refractivity contribution is -0.122. The molecule has 0 unspecified atom stereocenters. The smallest absolute Gasteiger partial charge is 0.253 e. The molecule has 1 saturated heterocycles. The highest BCUT2D eigenvalue weighted by Gasteiger charge is 2.23. The van der Waals surface area contributed by atoms with E-state index in [1.807, 2.05) is 101 Å². The predicted molar refractivity (Wildman–Crippen MR) is 126 cm³/mol. The molecule has 3 aromatic rings. The number of hydrogen-bond acceptors (Lipinski definition) is 4. The number of hydrazine groups is 1. The molecular weight excluding hydrogens is 400 g/mol. The average Bonchev–Trinajstić information content (AvgIpc) is 2.85. The van der Waals surface area contributed by atoms with Crippen LogP contribution in [0.4, 0.5) is 5.69 Å². The molecule has 164 valence electrons. The molecule has 6 nitrogen and oxygen atoms in total. The van der Waals surface area contributed by atoms with Crippen LogP contribution >= 0.6 is 0 Å². The van der Waals surface area contributed by atoms with Crippen molar-refractivity contribution in [2.24, 2.45) is 0 Å². The molecule has 0 bridgehead atoms. The van der Waals surface area contributed by atoms with Crippen molar-refractivity contribution in [1.29, 1.82) is 0 Å². The van der Waals surface area contributed by atoms with Crippen LogP contribution in [-0.2, 0) is 11.3 Å². The van der Waals surface area contributed by atoms with Gasteiger partial charge in [0.1, 0.15) is 0 Å². The van der Waals surface area contributed by atoms with Crippen molar-refractivity contribution in [2.75, 3.05) is 37.7 Å². The molecule has 3 aromatic carbocycles. The zero-order valence-corrected chi connectivity index (χ0v) is 18.1. The van der Waals surface area contributed by atoms with Crippen LogP contribution in [0.3, 0.4) is 0 Å². The molecule has 0 aliphatic carbocycles. The maximum absolute atomic E-state index is 12.8. The lowest BCUT2D eigenvalue weighted by atomic mass is 10.2. The van der Waals surface area contributed by atoms with Crippen LogP contribution in [-0.4, -0.2) is 54.3 Å². The first kappa shape index (κ1) is 21.6. The van der Waals surface area contributed by atoms with Gasteiger partial charge in [-0.2, -0.15) is 0 Å². The number of piperazine rings is 1. The highest BCUT2D eigenvalue weighted by Crippen LogP contribution is 2.15. The van der Waals surface area contributed by atoms with E-state index in [2.05, 4.69) is 10.3 Å². The van der Waals surface area contributed by atoms with E-state index in [9.17, 15) is 9.59 Å². The van der Waals surface area contributed by atoms with Gasteiger partial charge in [-0.3, -0.25) is 24.9 Å². The summed E-state index contributed by atoms with van der Waals surface area (Å²) in [6.07, 6.45) is 0. The summed E-state index contributed by atoms with van der Waals surface area (Å²) < 4.78 is 0. The molecular formula is C26H28N4O2. The topological polar surface area (TPSA) is 55.9 Å². The lowest BCUT2D eigenvalue weighted by Gasteiger charge is -2.35. The molecule has 4 rings (SSSR count). The van der Waals surface area contributed by atoms with Crippen molar-refractivity contribution in [3.8, 4) is 0 Å². The Bertz CT molecular complexity index is 1000. The zero-order chi connectivity index (χ0) is 22.2. The number of carbonyl (C=O) groups is 2. The van der Waals surface area contributed by atoms with Crippen molar-refractivity contribution in [1.82, 2.24) is 15.2 Å². The number of rotatable bonds is 7. The molecule has 32 heavy (non-hydrogen) atoms. The number of nitrogens with one attached hydrogen (secondary N) is 1. The Hall–Kier alpha value is -3.64. The van der Waals surface area contributed by atoms with Gasteiger partial charge in [-0.15, -0.1) is 0 Å². The first-order valence-electron chi connectivity index (χ1n) is 10.9. The number of hydrogen-bond donors (Lipinski definition) is 1. The van der Waals surface area contributed by atoms with E-state index in [0.29, 0.717) is 44.8 Å². The third-order valence-electron chi connectivity index (χ3n) is 5.56. The van der Waals surface area contributed by atoms with Gasteiger partial charge in [-0.1, -0.05) is 66.7 Å². The molecule has 2 amide bonds. The van der Waals surface area contributed by atoms with Crippen molar-refractivity contribution >= 4 is 17.5 Å². The van der Waals surface area contributed by atoms with Gasteiger partial charge in [0.05, 0.1) is 18.8 Å². The Kier molecular flexibility index (Phi) is 7.15. The number of nitrogens with zero attached hydrogens (tertiary/aromatic N) is 3. The van der Waals surface area contributed by atoms with E-state index < -0.39 is 0 Å².